The van der Waals surface area contributed by atoms with Crippen molar-refractivity contribution in [2.45, 2.75) is 57.4 Å². The van der Waals surface area contributed by atoms with Gasteiger partial charge in [0.25, 0.3) is 0 Å². The van der Waals surface area contributed by atoms with E-state index >= 15 is 0 Å². The predicted molar refractivity (Wildman–Crippen MR) is 106 cm³/mol. The van der Waals surface area contributed by atoms with Crippen molar-refractivity contribution >= 4 is 23.7 Å². The van der Waals surface area contributed by atoms with Gasteiger partial charge >= 0.3 is 12.1 Å². The molecule has 27 heavy (non-hydrogen) atoms. The Bertz CT molecular complexity index is 573. The lowest BCUT2D eigenvalue weighted by atomic mass is 9.91. The summed E-state index contributed by atoms with van der Waals surface area (Å²) in [5.41, 5.74) is 1.00. The summed E-state index contributed by atoms with van der Waals surface area (Å²) in [5, 5.41) is -0.536. The molecule has 0 radical (unpaired) electrons. The van der Waals surface area contributed by atoms with E-state index in [-0.39, 0.29) is 12.1 Å². The number of hydrogen-bond donors (Lipinski definition) is 0. The summed E-state index contributed by atoms with van der Waals surface area (Å²) in [5.74, 6) is 0.307. The highest BCUT2D eigenvalue weighted by Crippen LogP contribution is 2.24. The summed E-state index contributed by atoms with van der Waals surface area (Å²) in [4.78, 5) is 25.5. The molecule has 1 aromatic carbocycles. The Morgan fingerprint density at radius 2 is 1.85 bits per heavy atom. The molecule has 0 N–H and O–H groups in total. The minimum atomic E-state index is -0.536. The highest BCUT2D eigenvalue weighted by molar-refractivity contribution is 6.29. The number of alkyl halides is 1. The van der Waals surface area contributed by atoms with Gasteiger partial charge in [0.1, 0.15) is 12.0 Å². The highest BCUT2D eigenvalue weighted by Gasteiger charge is 2.24. The smallest absolute Gasteiger partial charge is 0.410 e. The molecule has 1 atom stereocenters. The van der Waals surface area contributed by atoms with E-state index < -0.39 is 5.38 Å². The van der Waals surface area contributed by atoms with Crippen molar-refractivity contribution in [2.75, 3.05) is 19.7 Å². The van der Waals surface area contributed by atoms with Gasteiger partial charge in [0.2, 0.25) is 0 Å². The van der Waals surface area contributed by atoms with E-state index in [1.54, 1.807) is 11.8 Å². The van der Waals surface area contributed by atoms with E-state index in [0.717, 1.165) is 50.8 Å². The molecule has 0 saturated carbocycles. The summed E-state index contributed by atoms with van der Waals surface area (Å²) >= 11 is 6.03. The number of likely N-dealkylation sites (tertiary alicyclic amines) is 1. The van der Waals surface area contributed by atoms with E-state index in [1.807, 2.05) is 30.3 Å². The van der Waals surface area contributed by atoms with E-state index in [1.165, 1.54) is 0 Å². The molecule has 1 aliphatic heterocycles. The number of ether oxygens (including phenoxy) is 2. The van der Waals surface area contributed by atoms with Gasteiger partial charge in [0.05, 0.1) is 6.61 Å². The Morgan fingerprint density at radius 3 is 2.52 bits per heavy atom. The van der Waals surface area contributed by atoms with Crippen LogP contribution in [0.2, 0.25) is 0 Å². The molecule has 6 heteroatoms. The van der Waals surface area contributed by atoms with Crippen LogP contribution in [-0.4, -0.2) is 42.0 Å². The zero-order valence-corrected chi connectivity index (χ0v) is 16.8. The Labute approximate surface area is 167 Å². The second-order valence-electron chi connectivity index (χ2n) is 6.97. The molecule has 1 aromatic rings. The first kappa shape index (κ1) is 21.5. The van der Waals surface area contributed by atoms with Crippen molar-refractivity contribution in [1.82, 2.24) is 4.90 Å². The van der Waals surface area contributed by atoms with Crippen LogP contribution in [0.25, 0.3) is 0 Å². The number of piperidine rings is 1. The van der Waals surface area contributed by atoms with Crippen molar-refractivity contribution in [2.24, 2.45) is 5.92 Å². The molecule has 0 spiro atoms. The van der Waals surface area contributed by atoms with Crippen molar-refractivity contribution in [3.05, 3.63) is 35.9 Å². The normalized spacial score (nSPS) is 16.0. The summed E-state index contributed by atoms with van der Waals surface area (Å²) in [6, 6.07) is 9.72. The van der Waals surface area contributed by atoms with Crippen molar-refractivity contribution in [3.63, 3.8) is 0 Å². The number of benzene rings is 1. The molecular weight excluding hydrogens is 366 g/mol. The fourth-order valence-electron chi connectivity index (χ4n) is 3.32. The molecule has 1 heterocycles. The Balaban J connectivity index is 1.57. The number of nitrogens with zero attached hydrogens (tertiary/aromatic N) is 1. The Morgan fingerprint density at radius 1 is 1.15 bits per heavy atom. The number of rotatable bonds is 9. The summed E-state index contributed by atoms with van der Waals surface area (Å²) in [7, 11) is 0. The number of carbonyl (C=O) groups is 2. The third-order valence-electron chi connectivity index (χ3n) is 4.94. The van der Waals surface area contributed by atoms with Crippen LogP contribution in [-0.2, 0) is 20.9 Å². The van der Waals surface area contributed by atoms with Crippen LogP contribution >= 0.6 is 11.6 Å². The van der Waals surface area contributed by atoms with Crippen molar-refractivity contribution < 1.29 is 19.1 Å². The third-order valence-corrected chi connectivity index (χ3v) is 5.34. The topological polar surface area (TPSA) is 55.8 Å². The van der Waals surface area contributed by atoms with Gasteiger partial charge in [-0.05, 0) is 37.7 Å². The van der Waals surface area contributed by atoms with Crippen LogP contribution in [0, 0.1) is 5.92 Å². The van der Waals surface area contributed by atoms with E-state index in [4.69, 9.17) is 21.1 Å². The van der Waals surface area contributed by atoms with E-state index in [0.29, 0.717) is 25.6 Å². The van der Waals surface area contributed by atoms with Gasteiger partial charge in [-0.25, -0.2) is 4.79 Å². The van der Waals surface area contributed by atoms with Crippen LogP contribution < -0.4 is 0 Å². The maximum atomic E-state index is 12.2. The molecule has 1 amide bonds. The molecule has 2 rings (SSSR count). The molecule has 1 fully saturated rings. The van der Waals surface area contributed by atoms with Crippen molar-refractivity contribution in [3.8, 4) is 0 Å². The standard InChI is InChI=1S/C21H30ClNO4/c1-2-26-20(24)19(22)11-7-6-8-17-12-14-23(15-13-17)21(25)27-16-18-9-4-3-5-10-18/h3-5,9-10,17,19H,2,6-8,11-16H2,1H3. The summed E-state index contributed by atoms with van der Waals surface area (Å²) in [6.45, 7) is 3.97. The quantitative estimate of drug-likeness (QED) is 0.343. The lowest BCUT2D eigenvalue weighted by Crippen LogP contribution is -2.38. The monoisotopic (exact) mass is 395 g/mol. The molecule has 150 valence electrons. The maximum Gasteiger partial charge on any atom is 0.410 e. The summed E-state index contributed by atoms with van der Waals surface area (Å²) < 4.78 is 10.3. The molecular formula is C21H30ClNO4. The van der Waals surface area contributed by atoms with E-state index in [9.17, 15) is 9.59 Å². The number of carbonyl (C=O) groups excluding carboxylic acids is 2. The van der Waals surface area contributed by atoms with Gasteiger partial charge in [-0.1, -0.05) is 49.6 Å². The zero-order valence-electron chi connectivity index (χ0n) is 16.1. The maximum absolute atomic E-state index is 12.2. The SMILES string of the molecule is CCOC(=O)C(Cl)CCCCC1CCN(C(=O)OCc2ccccc2)CC1. The second kappa shape index (κ2) is 11.9. The Hall–Kier alpha value is -1.75. The number of hydrogen-bond acceptors (Lipinski definition) is 4. The number of amides is 1. The first-order valence-electron chi connectivity index (χ1n) is 9.86. The van der Waals surface area contributed by atoms with Crippen LogP contribution in [0.15, 0.2) is 30.3 Å². The largest absolute Gasteiger partial charge is 0.465 e. The predicted octanol–water partition coefficient (Wildman–Crippen LogP) is 4.77. The lowest BCUT2D eigenvalue weighted by Gasteiger charge is -2.31. The highest BCUT2D eigenvalue weighted by atomic mass is 35.5. The van der Waals surface area contributed by atoms with Crippen LogP contribution in [0.5, 0.6) is 0 Å². The molecule has 1 unspecified atom stereocenters. The van der Waals surface area contributed by atoms with Gasteiger partial charge in [-0.2, -0.15) is 0 Å². The minimum absolute atomic E-state index is 0.225. The van der Waals surface area contributed by atoms with Crippen molar-refractivity contribution in [1.29, 1.82) is 0 Å². The molecule has 1 saturated heterocycles. The Kier molecular flexibility index (Phi) is 9.46. The van der Waals surface area contributed by atoms with Crippen LogP contribution in [0.3, 0.4) is 0 Å². The van der Waals surface area contributed by atoms with Gasteiger partial charge in [-0.15, -0.1) is 11.6 Å². The van der Waals surface area contributed by atoms with Gasteiger partial charge < -0.3 is 14.4 Å². The minimum Gasteiger partial charge on any atom is -0.465 e. The lowest BCUT2D eigenvalue weighted by molar-refractivity contribution is -0.142. The molecule has 0 aromatic heterocycles. The van der Waals surface area contributed by atoms with Crippen LogP contribution in [0.1, 0.15) is 51.0 Å². The summed E-state index contributed by atoms with van der Waals surface area (Å²) in [6.07, 6.45) is 5.52. The molecule has 5 nitrogen and oxygen atoms in total. The molecule has 0 bridgehead atoms. The molecule has 1 aliphatic rings. The fourth-order valence-corrected chi connectivity index (χ4v) is 3.54. The van der Waals surface area contributed by atoms with Gasteiger partial charge in [0, 0.05) is 13.1 Å². The zero-order chi connectivity index (χ0) is 19.5. The number of esters is 1. The van der Waals surface area contributed by atoms with Crippen LogP contribution in [0.4, 0.5) is 4.79 Å². The first-order valence-corrected chi connectivity index (χ1v) is 10.3. The second-order valence-corrected chi connectivity index (χ2v) is 7.50. The number of halogens is 1. The van der Waals surface area contributed by atoms with Gasteiger partial charge in [0.15, 0.2) is 0 Å². The first-order chi connectivity index (χ1) is 13.1. The van der Waals surface area contributed by atoms with Gasteiger partial charge in [-0.3, -0.25) is 4.79 Å². The average Bonchev–Trinajstić information content (AvgIpc) is 2.70. The molecule has 0 aliphatic carbocycles. The fraction of sp³-hybridized carbons (Fsp3) is 0.619. The van der Waals surface area contributed by atoms with E-state index in [2.05, 4.69) is 0 Å². The number of unbranched alkanes of at least 4 members (excludes halogenated alkanes) is 1. The average molecular weight is 396 g/mol. The third kappa shape index (κ3) is 7.79.